The van der Waals surface area contributed by atoms with Crippen molar-refractivity contribution in [3.8, 4) is 0 Å². The summed E-state index contributed by atoms with van der Waals surface area (Å²) in [7, 11) is 1.84. The zero-order chi connectivity index (χ0) is 14.1. The van der Waals surface area contributed by atoms with Crippen LogP contribution in [0.4, 0.5) is 0 Å². The van der Waals surface area contributed by atoms with E-state index in [1.807, 2.05) is 31.5 Å². The molecule has 3 nitrogen and oxygen atoms in total. The summed E-state index contributed by atoms with van der Waals surface area (Å²) in [6, 6.07) is 9.99. The zero-order valence-electron chi connectivity index (χ0n) is 12.2. The van der Waals surface area contributed by atoms with Crippen molar-refractivity contribution >= 4 is 30.1 Å². The number of likely N-dealkylation sites (N-methyl/N-ethyl adjacent to an activating group) is 1. The molecule has 0 unspecified atom stereocenters. The molecule has 0 aromatic heterocycles. The lowest BCUT2D eigenvalue weighted by atomic mass is 10.1. The Kier molecular flexibility index (Phi) is 10.6. The molecule has 0 bridgehead atoms. The highest BCUT2D eigenvalue weighted by Gasteiger charge is 2.16. The van der Waals surface area contributed by atoms with Gasteiger partial charge in [-0.05, 0) is 36.8 Å². The summed E-state index contributed by atoms with van der Waals surface area (Å²) in [6.07, 6.45) is 4.75. The van der Waals surface area contributed by atoms with E-state index in [2.05, 4.69) is 12.1 Å². The van der Waals surface area contributed by atoms with Gasteiger partial charge in [-0.3, -0.25) is 4.79 Å². The molecule has 0 aliphatic carbocycles. The Labute approximate surface area is 132 Å². The van der Waals surface area contributed by atoms with E-state index in [1.54, 1.807) is 16.7 Å². The molecule has 1 aromatic rings. The first kappa shape index (κ1) is 19.3. The molecule has 0 saturated heterocycles. The number of halogens is 1. The largest absolute Gasteiger partial charge is 0.344 e. The predicted octanol–water partition coefficient (Wildman–Crippen LogP) is 2.58. The van der Waals surface area contributed by atoms with Crippen LogP contribution in [-0.4, -0.2) is 42.4 Å². The molecule has 1 aromatic carbocycles. The molecule has 1 amide bonds. The van der Waals surface area contributed by atoms with Crippen LogP contribution in [0.2, 0.25) is 0 Å². The van der Waals surface area contributed by atoms with Gasteiger partial charge in [0, 0.05) is 13.6 Å². The number of nitrogens with zero attached hydrogens (tertiary/aromatic N) is 1. The number of benzene rings is 1. The molecule has 2 N–H and O–H groups in total. The number of hydrogen-bond acceptors (Lipinski definition) is 3. The molecule has 0 spiro atoms. The van der Waals surface area contributed by atoms with Crippen molar-refractivity contribution in [2.45, 2.75) is 25.3 Å². The Morgan fingerprint density at radius 3 is 2.60 bits per heavy atom. The van der Waals surface area contributed by atoms with Crippen molar-refractivity contribution < 1.29 is 4.79 Å². The second kappa shape index (κ2) is 11.0. The molecule has 1 rings (SSSR count). The first-order chi connectivity index (χ1) is 9.15. The Morgan fingerprint density at radius 2 is 2.00 bits per heavy atom. The second-order valence-corrected chi connectivity index (χ2v) is 5.72. The minimum atomic E-state index is -0.353. The quantitative estimate of drug-likeness (QED) is 0.802. The fraction of sp³-hybridized carbons (Fsp3) is 0.533. The average Bonchev–Trinajstić information content (AvgIpc) is 2.44. The van der Waals surface area contributed by atoms with Crippen LogP contribution in [0.5, 0.6) is 0 Å². The second-order valence-electron chi connectivity index (χ2n) is 4.74. The van der Waals surface area contributed by atoms with Crippen molar-refractivity contribution in [3.05, 3.63) is 35.9 Å². The van der Waals surface area contributed by atoms with E-state index in [4.69, 9.17) is 5.73 Å². The minimum absolute atomic E-state index is 0. The van der Waals surface area contributed by atoms with E-state index >= 15 is 0 Å². The predicted molar refractivity (Wildman–Crippen MR) is 90.6 cm³/mol. The average molecular weight is 317 g/mol. The number of hydrogen-bond donors (Lipinski definition) is 1. The minimum Gasteiger partial charge on any atom is -0.344 e. The van der Waals surface area contributed by atoms with Gasteiger partial charge < -0.3 is 10.6 Å². The van der Waals surface area contributed by atoms with Crippen molar-refractivity contribution in [1.82, 2.24) is 4.90 Å². The molecule has 5 heteroatoms. The summed E-state index contributed by atoms with van der Waals surface area (Å²) < 4.78 is 0. The SMILES string of the molecule is CSCC[C@H](N)C(=O)N(C)CCCc1ccccc1.Cl. The highest BCUT2D eigenvalue weighted by Crippen LogP contribution is 2.05. The molecule has 1 atom stereocenters. The van der Waals surface area contributed by atoms with E-state index in [1.165, 1.54) is 5.56 Å². The van der Waals surface area contributed by atoms with Crippen LogP contribution in [0.15, 0.2) is 30.3 Å². The van der Waals surface area contributed by atoms with Crippen molar-refractivity contribution in [3.63, 3.8) is 0 Å². The van der Waals surface area contributed by atoms with Gasteiger partial charge in [0.25, 0.3) is 0 Å². The maximum atomic E-state index is 12.0. The van der Waals surface area contributed by atoms with Crippen molar-refractivity contribution in [1.29, 1.82) is 0 Å². The molecule has 0 aliphatic rings. The molecule has 0 aliphatic heterocycles. The molecule has 20 heavy (non-hydrogen) atoms. The van der Waals surface area contributed by atoms with Gasteiger partial charge in [-0.25, -0.2) is 0 Å². The Balaban J connectivity index is 0.00000361. The third-order valence-electron chi connectivity index (χ3n) is 3.13. The Bertz CT molecular complexity index is 375. The van der Waals surface area contributed by atoms with Gasteiger partial charge in [0.1, 0.15) is 0 Å². The van der Waals surface area contributed by atoms with Gasteiger partial charge in [0.15, 0.2) is 0 Å². The standard InChI is InChI=1S/C15H24N2OS.ClH/c1-17(15(18)14(16)10-12-19-2)11-6-9-13-7-4-3-5-8-13;/h3-5,7-8,14H,6,9-12,16H2,1-2H3;1H/t14-;/m0./s1. The topological polar surface area (TPSA) is 46.3 Å². The van der Waals surface area contributed by atoms with Gasteiger partial charge in [0.2, 0.25) is 5.91 Å². The molecular formula is C15H25ClN2OS. The molecular weight excluding hydrogens is 292 g/mol. The van der Waals surface area contributed by atoms with Crippen LogP contribution < -0.4 is 5.73 Å². The monoisotopic (exact) mass is 316 g/mol. The van der Waals surface area contributed by atoms with Crippen molar-refractivity contribution in [2.24, 2.45) is 5.73 Å². The summed E-state index contributed by atoms with van der Waals surface area (Å²) in [4.78, 5) is 13.7. The normalized spacial score (nSPS) is 11.6. The van der Waals surface area contributed by atoms with Crippen LogP contribution in [-0.2, 0) is 11.2 Å². The Hall–Kier alpha value is -0.710. The van der Waals surface area contributed by atoms with Gasteiger partial charge >= 0.3 is 0 Å². The fourth-order valence-corrected chi connectivity index (χ4v) is 2.42. The third-order valence-corrected chi connectivity index (χ3v) is 3.77. The summed E-state index contributed by atoms with van der Waals surface area (Å²) in [5.74, 6) is 0.993. The van der Waals surface area contributed by atoms with Crippen LogP contribution >= 0.6 is 24.2 Å². The van der Waals surface area contributed by atoms with Crippen LogP contribution in [0.1, 0.15) is 18.4 Å². The van der Waals surface area contributed by atoms with E-state index in [-0.39, 0.29) is 24.4 Å². The summed E-state index contributed by atoms with van der Waals surface area (Å²) in [6.45, 7) is 0.765. The summed E-state index contributed by atoms with van der Waals surface area (Å²) >= 11 is 1.72. The number of amides is 1. The summed E-state index contributed by atoms with van der Waals surface area (Å²) in [5.41, 5.74) is 7.20. The van der Waals surface area contributed by atoms with Gasteiger partial charge in [-0.15, -0.1) is 12.4 Å². The molecule has 0 heterocycles. The number of aryl methyl sites for hydroxylation is 1. The lowest BCUT2D eigenvalue weighted by Gasteiger charge is -2.21. The number of nitrogens with two attached hydrogens (primary N) is 1. The molecule has 114 valence electrons. The first-order valence-corrected chi connectivity index (χ1v) is 8.08. The van der Waals surface area contributed by atoms with Crippen LogP contribution in [0.3, 0.4) is 0 Å². The lowest BCUT2D eigenvalue weighted by molar-refractivity contribution is -0.131. The highest BCUT2D eigenvalue weighted by molar-refractivity contribution is 7.98. The van der Waals surface area contributed by atoms with Gasteiger partial charge in [-0.2, -0.15) is 11.8 Å². The van der Waals surface area contributed by atoms with E-state index in [0.717, 1.165) is 31.6 Å². The molecule has 0 radical (unpaired) electrons. The third kappa shape index (κ3) is 7.17. The number of carbonyl (C=O) groups excluding carboxylic acids is 1. The van der Waals surface area contributed by atoms with Crippen LogP contribution in [0, 0.1) is 0 Å². The summed E-state index contributed by atoms with van der Waals surface area (Å²) in [5, 5.41) is 0. The first-order valence-electron chi connectivity index (χ1n) is 6.68. The van der Waals surface area contributed by atoms with Crippen LogP contribution in [0.25, 0.3) is 0 Å². The van der Waals surface area contributed by atoms with Crippen molar-refractivity contribution in [2.75, 3.05) is 25.6 Å². The zero-order valence-corrected chi connectivity index (χ0v) is 13.9. The number of carbonyl (C=O) groups is 1. The smallest absolute Gasteiger partial charge is 0.239 e. The van der Waals surface area contributed by atoms with E-state index in [0.29, 0.717) is 0 Å². The molecule has 0 fully saturated rings. The maximum absolute atomic E-state index is 12.0. The molecule has 0 saturated carbocycles. The fourth-order valence-electron chi connectivity index (χ4n) is 1.93. The van der Waals surface area contributed by atoms with Gasteiger partial charge in [-0.1, -0.05) is 30.3 Å². The van der Waals surface area contributed by atoms with E-state index < -0.39 is 0 Å². The Morgan fingerprint density at radius 1 is 1.35 bits per heavy atom. The number of rotatable bonds is 8. The number of thioether (sulfide) groups is 1. The lowest BCUT2D eigenvalue weighted by Crippen LogP contribution is -2.42. The van der Waals surface area contributed by atoms with Gasteiger partial charge in [0.05, 0.1) is 6.04 Å². The maximum Gasteiger partial charge on any atom is 0.239 e. The van der Waals surface area contributed by atoms with E-state index in [9.17, 15) is 4.79 Å². The highest BCUT2D eigenvalue weighted by atomic mass is 35.5.